The summed E-state index contributed by atoms with van der Waals surface area (Å²) in [5, 5.41) is 3.37. The fraction of sp³-hybridized carbons (Fsp3) is 0.615. The minimum absolute atomic E-state index is 0.965. The number of methoxy groups -OCH3 is 1. The number of aromatic nitrogens is 1. The molecule has 1 fully saturated rings. The summed E-state index contributed by atoms with van der Waals surface area (Å²) in [4.78, 5) is 6.83. The Morgan fingerprint density at radius 2 is 2.18 bits per heavy atom. The fourth-order valence-electron chi connectivity index (χ4n) is 2.27. The number of piperazine rings is 1. The van der Waals surface area contributed by atoms with Crippen LogP contribution in [0.2, 0.25) is 0 Å². The second kappa shape index (κ2) is 5.98. The molecule has 1 saturated heterocycles. The van der Waals surface area contributed by atoms with Crippen molar-refractivity contribution in [2.45, 2.75) is 13.3 Å². The lowest BCUT2D eigenvalue weighted by Gasteiger charge is -2.27. The summed E-state index contributed by atoms with van der Waals surface area (Å²) < 4.78 is 5.40. The molecule has 0 aromatic carbocycles. The van der Waals surface area contributed by atoms with Gasteiger partial charge in [0.25, 0.3) is 0 Å². The molecule has 0 atom stereocenters. The van der Waals surface area contributed by atoms with Crippen LogP contribution in [0.15, 0.2) is 12.3 Å². The van der Waals surface area contributed by atoms with Gasteiger partial charge in [-0.25, -0.2) is 0 Å². The molecule has 1 aliphatic heterocycles. The Hall–Kier alpha value is -1.13. The summed E-state index contributed by atoms with van der Waals surface area (Å²) in [6.07, 6.45) is 2.82. The van der Waals surface area contributed by atoms with Gasteiger partial charge < -0.3 is 15.0 Å². The van der Waals surface area contributed by atoms with E-state index in [4.69, 9.17) is 4.74 Å². The molecule has 0 radical (unpaired) electrons. The van der Waals surface area contributed by atoms with E-state index in [1.807, 2.05) is 12.3 Å². The Kier molecular flexibility index (Phi) is 4.34. The molecule has 94 valence electrons. The average Bonchev–Trinajstić information content (AvgIpc) is 2.38. The highest BCUT2D eigenvalue weighted by molar-refractivity contribution is 5.35. The van der Waals surface area contributed by atoms with Crippen LogP contribution in [0, 0.1) is 6.92 Å². The fourth-order valence-corrected chi connectivity index (χ4v) is 2.27. The van der Waals surface area contributed by atoms with Crippen molar-refractivity contribution in [2.24, 2.45) is 0 Å². The molecule has 0 amide bonds. The van der Waals surface area contributed by atoms with E-state index >= 15 is 0 Å². The highest BCUT2D eigenvalue weighted by Gasteiger charge is 2.12. The molecule has 1 N–H and O–H groups in total. The quantitative estimate of drug-likeness (QED) is 0.839. The normalized spacial score (nSPS) is 17.1. The zero-order valence-electron chi connectivity index (χ0n) is 10.7. The van der Waals surface area contributed by atoms with Gasteiger partial charge >= 0.3 is 0 Å². The summed E-state index contributed by atoms with van der Waals surface area (Å²) in [5.41, 5.74) is 2.33. The lowest BCUT2D eigenvalue weighted by molar-refractivity contribution is 0.243. The second-order valence-corrected chi connectivity index (χ2v) is 4.42. The van der Waals surface area contributed by atoms with Crippen LogP contribution in [-0.4, -0.2) is 49.7 Å². The number of nitrogens with zero attached hydrogens (tertiary/aromatic N) is 2. The standard InChI is InChI=1S/C13H21N3O/c1-11-12(13(17-2)3-5-15-11)4-8-16-9-6-14-7-10-16/h3,5,14H,4,6-10H2,1-2H3. The molecule has 1 aromatic heterocycles. The zero-order chi connectivity index (χ0) is 12.1. The molecule has 4 nitrogen and oxygen atoms in total. The van der Waals surface area contributed by atoms with Gasteiger partial charge in [-0.3, -0.25) is 4.98 Å². The molecule has 1 aliphatic rings. The number of rotatable bonds is 4. The Morgan fingerprint density at radius 1 is 1.41 bits per heavy atom. The summed E-state index contributed by atoms with van der Waals surface area (Å²) in [5.74, 6) is 0.965. The van der Waals surface area contributed by atoms with Gasteiger partial charge in [0, 0.05) is 50.2 Å². The van der Waals surface area contributed by atoms with Crippen LogP contribution in [0.4, 0.5) is 0 Å². The summed E-state index contributed by atoms with van der Waals surface area (Å²) >= 11 is 0. The first-order valence-corrected chi connectivity index (χ1v) is 6.23. The Bertz CT molecular complexity index is 362. The van der Waals surface area contributed by atoms with E-state index in [-0.39, 0.29) is 0 Å². The van der Waals surface area contributed by atoms with Gasteiger partial charge in [-0.1, -0.05) is 0 Å². The Morgan fingerprint density at radius 3 is 2.88 bits per heavy atom. The van der Waals surface area contributed by atoms with Gasteiger partial charge in [0.15, 0.2) is 0 Å². The lowest BCUT2D eigenvalue weighted by Crippen LogP contribution is -2.44. The molecular formula is C13H21N3O. The number of nitrogens with one attached hydrogen (secondary N) is 1. The van der Waals surface area contributed by atoms with Crippen molar-refractivity contribution >= 4 is 0 Å². The molecule has 1 aromatic rings. The zero-order valence-corrected chi connectivity index (χ0v) is 10.7. The maximum atomic E-state index is 5.40. The van der Waals surface area contributed by atoms with E-state index in [0.717, 1.165) is 50.6 Å². The third kappa shape index (κ3) is 3.17. The Balaban J connectivity index is 1.97. The smallest absolute Gasteiger partial charge is 0.125 e. The van der Waals surface area contributed by atoms with Crippen molar-refractivity contribution in [1.82, 2.24) is 15.2 Å². The maximum absolute atomic E-state index is 5.40. The predicted octanol–water partition coefficient (Wildman–Crippen LogP) is 0.846. The highest BCUT2D eigenvalue weighted by Crippen LogP contribution is 2.20. The monoisotopic (exact) mass is 235 g/mol. The van der Waals surface area contributed by atoms with Gasteiger partial charge in [-0.05, 0) is 19.4 Å². The van der Waals surface area contributed by atoms with E-state index in [9.17, 15) is 0 Å². The van der Waals surface area contributed by atoms with Gasteiger partial charge in [-0.15, -0.1) is 0 Å². The summed E-state index contributed by atoms with van der Waals surface area (Å²) in [6.45, 7) is 7.62. The maximum Gasteiger partial charge on any atom is 0.125 e. The van der Waals surface area contributed by atoms with Crippen LogP contribution in [0.25, 0.3) is 0 Å². The van der Waals surface area contributed by atoms with Crippen LogP contribution < -0.4 is 10.1 Å². The molecule has 0 bridgehead atoms. The molecular weight excluding hydrogens is 214 g/mol. The van der Waals surface area contributed by atoms with Crippen molar-refractivity contribution in [3.8, 4) is 5.75 Å². The van der Waals surface area contributed by atoms with Crippen molar-refractivity contribution in [1.29, 1.82) is 0 Å². The molecule has 0 unspecified atom stereocenters. The topological polar surface area (TPSA) is 37.4 Å². The molecule has 2 heterocycles. The SMILES string of the molecule is COc1ccnc(C)c1CCN1CCNCC1. The third-order valence-corrected chi connectivity index (χ3v) is 3.34. The van der Waals surface area contributed by atoms with E-state index < -0.39 is 0 Å². The van der Waals surface area contributed by atoms with Crippen molar-refractivity contribution in [3.63, 3.8) is 0 Å². The van der Waals surface area contributed by atoms with Crippen molar-refractivity contribution in [3.05, 3.63) is 23.5 Å². The van der Waals surface area contributed by atoms with E-state index in [0.29, 0.717) is 0 Å². The van der Waals surface area contributed by atoms with Gasteiger partial charge in [0.2, 0.25) is 0 Å². The summed E-state index contributed by atoms with van der Waals surface area (Å²) in [7, 11) is 1.73. The second-order valence-electron chi connectivity index (χ2n) is 4.42. The molecule has 2 rings (SSSR count). The summed E-state index contributed by atoms with van der Waals surface area (Å²) in [6, 6.07) is 1.94. The van der Waals surface area contributed by atoms with E-state index in [1.54, 1.807) is 7.11 Å². The number of aryl methyl sites for hydroxylation is 1. The van der Waals surface area contributed by atoms with Crippen molar-refractivity contribution < 1.29 is 4.74 Å². The van der Waals surface area contributed by atoms with E-state index in [2.05, 4.69) is 22.1 Å². The van der Waals surface area contributed by atoms with Crippen LogP contribution in [0.1, 0.15) is 11.3 Å². The molecule has 0 spiro atoms. The third-order valence-electron chi connectivity index (χ3n) is 3.34. The predicted molar refractivity (Wildman–Crippen MR) is 68.5 cm³/mol. The largest absolute Gasteiger partial charge is 0.496 e. The average molecular weight is 235 g/mol. The molecule has 0 saturated carbocycles. The van der Waals surface area contributed by atoms with Gasteiger partial charge in [-0.2, -0.15) is 0 Å². The minimum Gasteiger partial charge on any atom is -0.496 e. The van der Waals surface area contributed by atoms with Crippen molar-refractivity contribution in [2.75, 3.05) is 39.8 Å². The molecule has 4 heteroatoms. The lowest BCUT2D eigenvalue weighted by atomic mass is 10.1. The minimum atomic E-state index is 0.965. The number of hydrogen-bond acceptors (Lipinski definition) is 4. The highest BCUT2D eigenvalue weighted by atomic mass is 16.5. The Labute approximate surface area is 103 Å². The first kappa shape index (κ1) is 12.3. The number of hydrogen-bond donors (Lipinski definition) is 1. The number of ether oxygens (including phenoxy) is 1. The van der Waals surface area contributed by atoms with Crippen LogP contribution in [0.3, 0.4) is 0 Å². The van der Waals surface area contributed by atoms with Crippen LogP contribution in [-0.2, 0) is 6.42 Å². The number of pyridine rings is 1. The first-order chi connectivity index (χ1) is 8.31. The van der Waals surface area contributed by atoms with Crippen LogP contribution >= 0.6 is 0 Å². The van der Waals surface area contributed by atoms with E-state index in [1.165, 1.54) is 5.56 Å². The van der Waals surface area contributed by atoms with Gasteiger partial charge in [0.1, 0.15) is 5.75 Å². The molecule has 0 aliphatic carbocycles. The van der Waals surface area contributed by atoms with Crippen LogP contribution in [0.5, 0.6) is 5.75 Å². The van der Waals surface area contributed by atoms with Gasteiger partial charge in [0.05, 0.1) is 7.11 Å². The first-order valence-electron chi connectivity index (χ1n) is 6.23. The molecule has 17 heavy (non-hydrogen) atoms.